The maximum Gasteiger partial charge on any atom is 0.197 e. The number of carbonyl (C=O) groups excluding carboxylic acids is 1. The predicted octanol–water partition coefficient (Wildman–Crippen LogP) is 4.11. The summed E-state index contributed by atoms with van der Waals surface area (Å²) in [7, 11) is 0. The van der Waals surface area contributed by atoms with Gasteiger partial charge in [0, 0.05) is 43.4 Å². The SMILES string of the molecule is CCC(=O)c1cc2nc(-n3ccc(-c4ccccc4)n3)cc(N3CCOCC3)c2o1. The number of ether oxygens (including phenoxy) is 1. The Labute approximate surface area is 173 Å². The van der Waals surface area contributed by atoms with Gasteiger partial charge in [-0.15, -0.1) is 0 Å². The van der Waals surface area contributed by atoms with Crippen LogP contribution in [0.3, 0.4) is 0 Å². The average Bonchev–Trinajstić information content (AvgIpc) is 3.46. The van der Waals surface area contributed by atoms with Crippen LogP contribution in [0.2, 0.25) is 0 Å². The summed E-state index contributed by atoms with van der Waals surface area (Å²) >= 11 is 0. The first-order chi connectivity index (χ1) is 14.7. The van der Waals surface area contributed by atoms with Gasteiger partial charge < -0.3 is 14.1 Å². The number of ketones is 1. The molecule has 0 radical (unpaired) electrons. The summed E-state index contributed by atoms with van der Waals surface area (Å²) < 4.78 is 13.2. The van der Waals surface area contributed by atoms with Gasteiger partial charge in [-0.2, -0.15) is 5.10 Å². The second-order valence-corrected chi connectivity index (χ2v) is 7.21. The quantitative estimate of drug-likeness (QED) is 0.468. The third kappa shape index (κ3) is 3.37. The lowest BCUT2D eigenvalue weighted by molar-refractivity contribution is 0.0963. The Morgan fingerprint density at radius 2 is 1.90 bits per heavy atom. The zero-order valence-corrected chi connectivity index (χ0v) is 16.7. The molecule has 0 bridgehead atoms. The first-order valence-electron chi connectivity index (χ1n) is 10.1. The lowest BCUT2D eigenvalue weighted by Gasteiger charge is -2.28. The number of morpholine rings is 1. The minimum atomic E-state index is -0.0343. The maximum absolute atomic E-state index is 12.2. The van der Waals surface area contributed by atoms with Gasteiger partial charge in [0.1, 0.15) is 5.52 Å². The summed E-state index contributed by atoms with van der Waals surface area (Å²) in [5, 5.41) is 4.72. The third-order valence-electron chi connectivity index (χ3n) is 5.29. The average molecular weight is 402 g/mol. The number of fused-ring (bicyclic) bond motifs is 1. The topological polar surface area (TPSA) is 73.4 Å². The summed E-state index contributed by atoms with van der Waals surface area (Å²) in [4.78, 5) is 19.2. The van der Waals surface area contributed by atoms with Crippen LogP contribution >= 0.6 is 0 Å². The summed E-state index contributed by atoms with van der Waals surface area (Å²) in [5.41, 5.74) is 4.12. The molecule has 30 heavy (non-hydrogen) atoms. The number of benzene rings is 1. The van der Waals surface area contributed by atoms with Crippen LogP contribution in [0.4, 0.5) is 5.69 Å². The molecule has 1 fully saturated rings. The highest BCUT2D eigenvalue weighted by Crippen LogP contribution is 2.32. The van der Waals surface area contributed by atoms with Gasteiger partial charge in [-0.1, -0.05) is 37.3 Å². The van der Waals surface area contributed by atoms with Crippen LogP contribution in [0, 0.1) is 0 Å². The lowest BCUT2D eigenvalue weighted by Crippen LogP contribution is -2.36. The van der Waals surface area contributed by atoms with Crippen molar-refractivity contribution in [3.63, 3.8) is 0 Å². The molecule has 0 saturated carbocycles. The first-order valence-corrected chi connectivity index (χ1v) is 10.1. The molecular formula is C23H22N4O3. The summed E-state index contributed by atoms with van der Waals surface area (Å²) in [6, 6.07) is 15.7. The Hall–Kier alpha value is -3.45. The Morgan fingerprint density at radius 3 is 2.67 bits per heavy atom. The maximum atomic E-state index is 12.2. The standard InChI is InChI=1S/C23H22N4O3/c1-2-20(28)21-14-18-23(30-21)19(26-10-12-29-13-11-26)15-22(24-18)27-9-8-17(25-27)16-6-4-3-5-7-16/h3-9,14-15H,2,10-13H2,1H3. The number of hydrogen-bond acceptors (Lipinski definition) is 6. The molecule has 0 unspecified atom stereocenters. The highest BCUT2D eigenvalue weighted by Gasteiger charge is 2.21. The van der Waals surface area contributed by atoms with Crippen LogP contribution in [0.1, 0.15) is 23.9 Å². The largest absolute Gasteiger partial charge is 0.449 e. The van der Waals surface area contributed by atoms with E-state index in [-0.39, 0.29) is 5.78 Å². The molecule has 7 nitrogen and oxygen atoms in total. The zero-order chi connectivity index (χ0) is 20.5. The van der Waals surface area contributed by atoms with Crippen LogP contribution in [-0.4, -0.2) is 46.9 Å². The number of anilines is 1. The van der Waals surface area contributed by atoms with Gasteiger partial charge in [-0.25, -0.2) is 9.67 Å². The molecule has 0 atom stereocenters. The van der Waals surface area contributed by atoms with Gasteiger partial charge in [0.15, 0.2) is 22.9 Å². The Kier molecular flexibility index (Phi) is 4.80. The number of nitrogens with zero attached hydrogens (tertiary/aromatic N) is 4. The van der Waals surface area contributed by atoms with Gasteiger partial charge >= 0.3 is 0 Å². The predicted molar refractivity (Wildman–Crippen MR) is 114 cm³/mol. The molecule has 0 N–H and O–H groups in total. The van der Waals surface area contributed by atoms with Gasteiger partial charge in [-0.3, -0.25) is 4.79 Å². The number of aromatic nitrogens is 3. The molecule has 5 rings (SSSR count). The van der Waals surface area contributed by atoms with Crippen LogP contribution in [0.25, 0.3) is 28.2 Å². The number of rotatable bonds is 5. The highest BCUT2D eigenvalue weighted by atomic mass is 16.5. The number of Topliss-reactive ketones (excluding diaryl/α,β-unsaturated/α-hetero) is 1. The molecule has 1 aliphatic rings. The monoisotopic (exact) mass is 402 g/mol. The fourth-order valence-corrected chi connectivity index (χ4v) is 3.67. The third-order valence-corrected chi connectivity index (χ3v) is 5.29. The van der Waals surface area contributed by atoms with E-state index in [1.807, 2.05) is 55.6 Å². The zero-order valence-electron chi connectivity index (χ0n) is 16.7. The van der Waals surface area contributed by atoms with E-state index in [1.54, 1.807) is 10.7 Å². The highest BCUT2D eigenvalue weighted by molar-refractivity contribution is 5.99. The molecule has 152 valence electrons. The summed E-state index contributed by atoms with van der Waals surface area (Å²) in [6.07, 6.45) is 2.29. The van der Waals surface area contributed by atoms with E-state index in [2.05, 4.69) is 4.90 Å². The van der Waals surface area contributed by atoms with Crippen molar-refractivity contribution in [1.29, 1.82) is 0 Å². The Morgan fingerprint density at radius 1 is 1.10 bits per heavy atom. The van der Waals surface area contributed by atoms with Crippen molar-refractivity contribution in [2.75, 3.05) is 31.2 Å². The molecule has 4 aromatic rings. The smallest absolute Gasteiger partial charge is 0.197 e. The Balaban J connectivity index is 1.61. The van der Waals surface area contributed by atoms with Crippen molar-refractivity contribution in [3.05, 3.63) is 60.5 Å². The van der Waals surface area contributed by atoms with Crippen molar-refractivity contribution < 1.29 is 13.9 Å². The van der Waals surface area contributed by atoms with Crippen LogP contribution in [0.5, 0.6) is 0 Å². The fourth-order valence-electron chi connectivity index (χ4n) is 3.67. The summed E-state index contributed by atoms with van der Waals surface area (Å²) in [5.74, 6) is 0.993. The minimum absolute atomic E-state index is 0.0343. The van der Waals surface area contributed by atoms with E-state index in [4.69, 9.17) is 19.2 Å². The number of carbonyl (C=O) groups is 1. The Bertz CT molecular complexity index is 1190. The van der Waals surface area contributed by atoms with E-state index in [0.29, 0.717) is 42.3 Å². The van der Waals surface area contributed by atoms with Crippen LogP contribution in [-0.2, 0) is 4.74 Å². The van der Waals surface area contributed by atoms with Crippen molar-refractivity contribution >= 4 is 22.6 Å². The molecule has 0 amide bonds. The molecule has 0 aliphatic carbocycles. The molecule has 1 saturated heterocycles. The number of furan rings is 1. The number of hydrogen-bond donors (Lipinski definition) is 0. The van der Waals surface area contributed by atoms with Crippen molar-refractivity contribution in [1.82, 2.24) is 14.8 Å². The lowest BCUT2D eigenvalue weighted by atomic mass is 10.2. The second kappa shape index (κ2) is 7.76. The second-order valence-electron chi connectivity index (χ2n) is 7.21. The van der Waals surface area contributed by atoms with E-state index >= 15 is 0 Å². The van der Waals surface area contributed by atoms with Crippen molar-refractivity contribution in [2.24, 2.45) is 0 Å². The molecule has 3 aromatic heterocycles. The normalized spacial score (nSPS) is 14.4. The van der Waals surface area contributed by atoms with E-state index in [0.717, 1.165) is 30.0 Å². The van der Waals surface area contributed by atoms with Gasteiger partial charge in [-0.05, 0) is 6.07 Å². The van der Waals surface area contributed by atoms with Gasteiger partial charge in [0.2, 0.25) is 0 Å². The molecule has 0 spiro atoms. The summed E-state index contributed by atoms with van der Waals surface area (Å²) in [6.45, 7) is 4.64. The van der Waals surface area contributed by atoms with E-state index in [9.17, 15) is 4.79 Å². The van der Waals surface area contributed by atoms with Crippen molar-refractivity contribution in [2.45, 2.75) is 13.3 Å². The molecule has 4 heterocycles. The van der Waals surface area contributed by atoms with Crippen LogP contribution in [0.15, 0.2) is 59.1 Å². The van der Waals surface area contributed by atoms with Gasteiger partial charge in [0.05, 0.1) is 24.6 Å². The first kappa shape index (κ1) is 18.6. The number of pyridine rings is 1. The van der Waals surface area contributed by atoms with Crippen molar-refractivity contribution in [3.8, 4) is 17.1 Å². The van der Waals surface area contributed by atoms with E-state index < -0.39 is 0 Å². The van der Waals surface area contributed by atoms with Gasteiger partial charge in [0.25, 0.3) is 0 Å². The van der Waals surface area contributed by atoms with Crippen LogP contribution < -0.4 is 4.90 Å². The molecule has 1 aliphatic heterocycles. The fraction of sp³-hybridized carbons (Fsp3) is 0.261. The minimum Gasteiger partial charge on any atom is -0.449 e. The molecular weight excluding hydrogens is 380 g/mol. The van der Waals surface area contributed by atoms with E-state index in [1.165, 1.54) is 0 Å². The molecule has 7 heteroatoms. The molecule has 1 aromatic carbocycles.